The molecular formula is C27H22N2O. The molecule has 0 fully saturated rings. The van der Waals surface area contributed by atoms with E-state index in [0.717, 1.165) is 40.2 Å². The Bertz CT molecular complexity index is 1270. The van der Waals surface area contributed by atoms with Crippen molar-refractivity contribution >= 4 is 5.52 Å². The predicted molar refractivity (Wildman–Crippen MR) is 122 cm³/mol. The minimum atomic E-state index is 0.842. The van der Waals surface area contributed by atoms with E-state index in [1.165, 1.54) is 11.3 Å². The highest BCUT2D eigenvalue weighted by Crippen LogP contribution is 2.30. The molecule has 0 spiro atoms. The van der Waals surface area contributed by atoms with Gasteiger partial charge in [-0.25, -0.2) is 4.98 Å². The van der Waals surface area contributed by atoms with Gasteiger partial charge in [0, 0.05) is 29.4 Å². The van der Waals surface area contributed by atoms with Crippen molar-refractivity contribution in [1.29, 1.82) is 0 Å². The zero-order chi connectivity index (χ0) is 20.3. The van der Waals surface area contributed by atoms with Crippen molar-refractivity contribution in [2.45, 2.75) is 6.42 Å². The number of rotatable bonds is 5. The van der Waals surface area contributed by atoms with Gasteiger partial charge in [0.2, 0.25) is 0 Å². The van der Waals surface area contributed by atoms with E-state index in [1.807, 2.05) is 18.2 Å². The molecule has 0 amide bonds. The lowest BCUT2D eigenvalue weighted by atomic mass is 10.1. The molecule has 0 radical (unpaired) electrons. The van der Waals surface area contributed by atoms with Crippen molar-refractivity contribution in [3.8, 4) is 28.3 Å². The lowest BCUT2D eigenvalue weighted by Gasteiger charge is -2.12. The van der Waals surface area contributed by atoms with Crippen LogP contribution in [0.3, 0.4) is 0 Å². The molecule has 0 aliphatic rings. The van der Waals surface area contributed by atoms with Crippen molar-refractivity contribution in [2.24, 2.45) is 0 Å². The fraction of sp³-hybridized carbons (Fsp3) is 0.0741. The Morgan fingerprint density at radius 3 is 2.13 bits per heavy atom. The monoisotopic (exact) mass is 390 g/mol. The van der Waals surface area contributed by atoms with Crippen molar-refractivity contribution < 1.29 is 4.74 Å². The highest BCUT2D eigenvalue weighted by molar-refractivity contribution is 5.80. The summed E-state index contributed by atoms with van der Waals surface area (Å²) in [7, 11) is 1.68. The quantitative estimate of drug-likeness (QED) is 0.354. The van der Waals surface area contributed by atoms with E-state index in [9.17, 15) is 0 Å². The first-order chi connectivity index (χ1) is 14.8. The summed E-state index contributed by atoms with van der Waals surface area (Å²) >= 11 is 0. The van der Waals surface area contributed by atoms with Gasteiger partial charge in [-0.1, -0.05) is 60.7 Å². The maximum atomic E-state index is 5.32. The van der Waals surface area contributed by atoms with Crippen molar-refractivity contribution in [1.82, 2.24) is 9.38 Å². The topological polar surface area (TPSA) is 26.5 Å². The third-order valence-corrected chi connectivity index (χ3v) is 5.39. The summed E-state index contributed by atoms with van der Waals surface area (Å²) in [6.45, 7) is 0. The minimum absolute atomic E-state index is 0.842. The first-order valence-electron chi connectivity index (χ1n) is 10.1. The second-order valence-electron chi connectivity index (χ2n) is 7.31. The largest absolute Gasteiger partial charge is 0.497 e. The average Bonchev–Trinajstić information content (AvgIpc) is 3.22. The van der Waals surface area contributed by atoms with Crippen LogP contribution in [0.4, 0.5) is 0 Å². The van der Waals surface area contributed by atoms with E-state index in [2.05, 4.69) is 89.5 Å². The van der Waals surface area contributed by atoms with Gasteiger partial charge in [-0.15, -0.1) is 0 Å². The van der Waals surface area contributed by atoms with Crippen LogP contribution in [-0.4, -0.2) is 16.5 Å². The molecule has 0 saturated heterocycles. The number of hydrogen-bond acceptors (Lipinski definition) is 2. The molecule has 0 unspecified atom stereocenters. The van der Waals surface area contributed by atoms with E-state index in [0.29, 0.717) is 0 Å². The van der Waals surface area contributed by atoms with Crippen LogP contribution in [-0.2, 0) is 6.42 Å². The fourth-order valence-corrected chi connectivity index (χ4v) is 3.82. The number of ether oxygens (including phenoxy) is 1. The van der Waals surface area contributed by atoms with Crippen molar-refractivity contribution in [3.63, 3.8) is 0 Å². The number of benzene rings is 3. The number of hydrogen-bond donors (Lipinski definition) is 0. The standard InChI is InChI=1S/C27H22N2O/c1-30-24-15-12-21(13-16-24)25-19-29-23(18-20-8-4-2-5-9-20)14-17-26(29)27(28-25)22-10-6-3-7-11-22/h2-17,19H,18H2,1H3. The summed E-state index contributed by atoms with van der Waals surface area (Å²) in [5.41, 5.74) is 7.76. The number of fused-ring (bicyclic) bond motifs is 1. The maximum Gasteiger partial charge on any atom is 0.118 e. The van der Waals surface area contributed by atoms with Crippen LogP contribution in [0, 0.1) is 0 Å². The molecule has 5 aromatic rings. The van der Waals surface area contributed by atoms with Crippen molar-refractivity contribution in [3.05, 3.63) is 115 Å². The predicted octanol–water partition coefficient (Wildman–Crippen LogP) is 6.27. The van der Waals surface area contributed by atoms with E-state index < -0.39 is 0 Å². The Morgan fingerprint density at radius 2 is 1.43 bits per heavy atom. The van der Waals surface area contributed by atoms with Gasteiger partial charge < -0.3 is 9.14 Å². The molecule has 146 valence electrons. The molecule has 2 aromatic heterocycles. The summed E-state index contributed by atoms with van der Waals surface area (Å²) in [5.74, 6) is 0.842. The molecule has 5 rings (SSSR count). The van der Waals surface area contributed by atoms with Gasteiger partial charge in [0.1, 0.15) is 5.75 Å². The fourth-order valence-electron chi connectivity index (χ4n) is 3.82. The third kappa shape index (κ3) is 3.46. The Balaban J connectivity index is 1.69. The molecule has 3 aromatic carbocycles. The molecule has 0 N–H and O–H groups in total. The van der Waals surface area contributed by atoms with E-state index in [-0.39, 0.29) is 0 Å². The highest BCUT2D eigenvalue weighted by Gasteiger charge is 2.13. The first-order valence-corrected chi connectivity index (χ1v) is 10.1. The van der Waals surface area contributed by atoms with E-state index in [4.69, 9.17) is 9.72 Å². The number of aromatic nitrogens is 2. The molecule has 2 heterocycles. The molecule has 0 aliphatic heterocycles. The van der Waals surface area contributed by atoms with Crippen LogP contribution >= 0.6 is 0 Å². The molecular weight excluding hydrogens is 368 g/mol. The second-order valence-corrected chi connectivity index (χ2v) is 7.31. The Morgan fingerprint density at radius 1 is 0.733 bits per heavy atom. The lowest BCUT2D eigenvalue weighted by Crippen LogP contribution is -1.99. The van der Waals surface area contributed by atoms with Crippen molar-refractivity contribution in [2.75, 3.05) is 7.11 Å². The van der Waals surface area contributed by atoms with Crippen LogP contribution < -0.4 is 4.74 Å². The molecule has 3 heteroatoms. The molecule has 0 saturated carbocycles. The Labute approximate surface area is 176 Å². The summed E-state index contributed by atoms with van der Waals surface area (Å²) < 4.78 is 7.60. The second kappa shape index (κ2) is 7.88. The van der Waals surface area contributed by atoms with Gasteiger partial charge in [0.25, 0.3) is 0 Å². The zero-order valence-corrected chi connectivity index (χ0v) is 16.8. The molecule has 0 bridgehead atoms. The highest BCUT2D eigenvalue weighted by atomic mass is 16.5. The van der Waals surface area contributed by atoms with Gasteiger partial charge >= 0.3 is 0 Å². The zero-order valence-electron chi connectivity index (χ0n) is 16.8. The first kappa shape index (κ1) is 18.2. The van der Waals surface area contributed by atoms with E-state index >= 15 is 0 Å². The summed E-state index contributed by atoms with van der Waals surface area (Å²) in [6.07, 6.45) is 3.01. The summed E-state index contributed by atoms with van der Waals surface area (Å²) in [4.78, 5) is 5.06. The van der Waals surface area contributed by atoms with Crippen LogP contribution in [0.2, 0.25) is 0 Å². The molecule has 30 heavy (non-hydrogen) atoms. The van der Waals surface area contributed by atoms with Crippen LogP contribution in [0.5, 0.6) is 5.75 Å². The van der Waals surface area contributed by atoms with Crippen LogP contribution in [0.15, 0.2) is 103 Å². The Kier molecular flexibility index (Phi) is 4.78. The van der Waals surface area contributed by atoms with Gasteiger partial charge in [-0.3, -0.25) is 0 Å². The maximum absolute atomic E-state index is 5.32. The summed E-state index contributed by atoms with van der Waals surface area (Å²) in [6, 6.07) is 33.4. The van der Waals surface area contributed by atoms with Crippen LogP contribution in [0.1, 0.15) is 11.3 Å². The third-order valence-electron chi connectivity index (χ3n) is 5.39. The summed E-state index contributed by atoms with van der Waals surface area (Å²) in [5, 5.41) is 0. The normalized spacial score (nSPS) is 11.0. The average molecular weight is 390 g/mol. The number of methoxy groups -OCH3 is 1. The van der Waals surface area contributed by atoms with Crippen LogP contribution in [0.25, 0.3) is 28.0 Å². The Hall–Kier alpha value is -3.85. The van der Waals surface area contributed by atoms with E-state index in [1.54, 1.807) is 7.11 Å². The van der Waals surface area contributed by atoms with Gasteiger partial charge in [0.05, 0.1) is 24.0 Å². The molecule has 0 atom stereocenters. The van der Waals surface area contributed by atoms with Gasteiger partial charge in [-0.05, 0) is 42.0 Å². The number of nitrogens with zero attached hydrogens (tertiary/aromatic N) is 2. The van der Waals surface area contributed by atoms with Gasteiger partial charge in [0.15, 0.2) is 0 Å². The van der Waals surface area contributed by atoms with Gasteiger partial charge in [-0.2, -0.15) is 0 Å². The smallest absolute Gasteiger partial charge is 0.118 e. The molecule has 0 aliphatic carbocycles. The minimum Gasteiger partial charge on any atom is -0.497 e. The SMILES string of the molecule is COc1ccc(-c2cn3c(Cc4ccccc4)ccc3c(-c3ccccc3)n2)cc1. The molecule has 3 nitrogen and oxygen atoms in total. The lowest BCUT2D eigenvalue weighted by molar-refractivity contribution is 0.415.